The number of aromatic nitrogens is 2. The third-order valence-electron chi connectivity index (χ3n) is 5.71. The molecule has 4 rings (SSSR count). The van der Waals surface area contributed by atoms with E-state index in [1.165, 1.54) is 29.6 Å². The van der Waals surface area contributed by atoms with Gasteiger partial charge in [0.15, 0.2) is 6.10 Å². The van der Waals surface area contributed by atoms with Gasteiger partial charge in [-0.3, -0.25) is 19.1 Å². The van der Waals surface area contributed by atoms with Crippen LogP contribution in [0.3, 0.4) is 0 Å². The van der Waals surface area contributed by atoms with Crippen LogP contribution in [0.2, 0.25) is 0 Å². The van der Waals surface area contributed by atoms with E-state index in [0.717, 1.165) is 5.06 Å². The van der Waals surface area contributed by atoms with Crippen LogP contribution in [0, 0.1) is 18.6 Å². The summed E-state index contributed by atoms with van der Waals surface area (Å²) in [5.74, 6) is -3.13. The van der Waals surface area contributed by atoms with E-state index in [-0.39, 0.29) is 43.0 Å². The van der Waals surface area contributed by atoms with E-state index in [4.69, 9.17) is 4.84 Å². The summed E-state index contributed by atoms with van der Waals surface area (Å²) in [6, 6.07) is 1.20. The molecular formula is C21H22F4N6O4. The molecule has 0 fully saturated rings. The quantitative estimate of drug-likeness (QED) is 0.626. The molecule has 1 atom stereocenters. The van der Waals surface area contributed by atoms with Gasteiger partial charge in [0.2, 0.25) is 0 Å². The van der Waals surface area contributed by atoms with Crippen LogP contribution in [0.25, 0.3) is 0 Å². The number of carbonyl (C=O) groups excluding carboxylic acids is 3. The summed E-state index contributed by atoms with van der Waals surface area (Å²) in [7, 11) is 1.28. The lowest BCUT2D eigenvalue weighted by Gasteiger charge is -2.27. The number of nitrogens with one attached hydrogen (secondary N) is 2. The molecule has 0 saturated heterocycles. The van der Waals surface area contributed by atoms with Crippen molar-refractivity contribution in [3.05, 3.63) is 46.3 Å². The first-order valence-electron chi connectivity index (χ1n) is 10.7. The van der Waals surface area contributed by atoms with Gasteiger partial charge in [0.25, 0.3) is 18.2 Å². The number of nitrogens with zero attached hydrogens (tertiary/aromatic N) is 4. The Morgan fingerprint density at radius 3 is 2.71 bits per heavy atom. The minimum atomic E-state index is -2.75. The molecule has 4 amide bonds. The Labute approximate surface area is 196 Å². The number of amides is 4. The van der Waals surface area contributed by atoms with Crippen molar-refractivity contribution in [2.24, 2.45) is 0 Å². The Morgan fingerprint density at radius 2 is 2.00 bits per heavy atom. The summed E-state index contributed by atoms with van der Waals surface area (Å²) >= 11 is 0. The highest BCUT2D eigenvalue weighted by atomic mass is 19.3. The zero-order valence-corrected chi connectivity index (χ0v) is 18.8. The van der Waals surface area contributed by atoms with Crippen LogP contribution in [-0.4, -0.2) is 70.3 Å². The van der Waals surface area contributed by atoms with Gasteiger partial charge in [-0.15, -0.1) is 0 Å². The predicted molar refractivity (Wildman–Crippen MR) is 112 cm³/mol. The average Bonchev–Trinajstić information content (AvgIpc) is 3.10. The maximum Gasteiger partial charge on any atom is 0.322 e. The summed E-state index contributed by atoms with van der Waals surface area (Å²) in [4.78, 5) is 44.7. The zero-order valence-electron chi connectivity index (χ0n) is 18.8. The van der Waals surface area contributed by atoms with Crippen molar-refractivity contribution in [1.29, 1.82) is 0 Å². The first-order valence-corrected chi connectivity index (χ1v) is 10.7. The van der Waals surface area contributed by atoms with Crippen molar-refractivity contribution in [3.8, 4) is 0 Å². The number of benzene rings is 1. The van der Waals surface area contributed by atoms with Crippen LogP contribution < -0.4 is 10.6 Å². The van der Waals surface area contributed by atoms with Crippen LogP contribution in [0.1, 0.15) is 27.3 Å². The first kappa shape index (κ1) is 24.4. The summed E-state index contributed by atoms with van der Waals surface area (Å²) in [5.41, 5.74) is 1.02. The molecule has 2 N–H and O–H groups in total. The largest absolute Gasteiger partial charge is 0.348 e. The van der Waals surface area contributed by atoms with Crippen LogP contribution in [0.5, 0.6) is 0 Å². The topological polar surface area (TPSA) is 109 Å². The second kappa shape index (κ2) is 9.52. The highest BCUT2D eigenvalue weighted by Gasteiger charge is 2.37. The number of fused-ring (bicyclic) bond motifs is 3. The van der Waals surface area contributed by atoms with Gasteiger partial charge in [-0.1, -0.05) is 0 Å². The molecule has 2 aliphatic rings. The van der Waals surface area contributed by atoms with E-state index in [9.17, 15) is 31.9 Å². The molecule has 2 aromatic rings. The number of aryl methyl sites for hydroxylation is 1. The van der Waals surface area contributed by atoms with Gasteiger partial charge in [0.05, 0.1) is 31.0 Å². The van der Waals surface area contributed by atoms with Crippen molar-refractivity contribution in [2.75, 3.05) is 25.5 Å². The summed E-state index contributed by atoms with van der Waals surface area (Å²) in [6.07, 6.45) is -3.76. The highest BCUT2D eigenvalue weighted by molar-refractivity contribution is 5.95. The number of halogens is 4. The fourth-order valence-electron chi connectivity index (χ4n) is 3.92. The SMILES string of the molecule is Cc1cc(NC(=O)N2CCc3nn4c(c3C2)C(=O)N(C)OC(C(=O)NCC(F)F)C4)c(F)cc1F. The number of hydroxylamine groups is 2. The highest BCUT2D eigenvalue weighted by Crippen LogP contribution is 2.27. The lowest BCUT2D eigenvalue weighted by Crippen LogP contribution is -2.43. The zero-order chi connectivity index (χ0) is 25.4. The lowest BCUT2D eigenvalue weighted by molar-refractivity contribution is -0.168. The minimum Gasteiger partial charge on any atom is -0.348 e. The maximum absolute atomic E-state index is 14.1. The van der Waals surface area contributed by atoms with E-state index in [1.54, 1.807) is 0 Å². The Hall–Kier alpha value is -3.68. The fraction of sp³-hybridized carbons (Fsp3) is 0.429. The lowest BCUT2D eigenvalue weighted by atomic mass is 10.1. The monoisotopic (exact) mass is 498 g/mol. The second-order valence-electron chi connectivity index (χ2n) is 8.17. The molecule has 0 bridgehead atoms. The van der Waals surface area contributed by atoms with E-state index < -0.39 is 48.6 Å². The van der Waals surface area contributed by atoms with Crippen LogP contribution in [0.4, 0.5) is 28.0 Å². The number of rotatable bonds is 4. The minimum absolute atomic E-state index is 0.0415. The van der Waals surface area contributed by atoms with Crippen molar-refractivity contribution in [2.45, 2.75) is 39.0 Å². The normalized spacial score (nSPS) is 17.7. The smallest absolute Gasteiger partial charge is 0.322 e. The molecule has 0 aliphatic carbocycles. The Bertz CT molecular complexity index is 1190. The van der Waals surface area contributed by atoms with Gasteiger partial charge in [-0.2, -0.15) is 5.10 Å². The Kier molecular flexibility index (Phi) is 6.65. The molecule has 3 heterocycles. The number of anilines is 1. The Morgan fingerprint density at radius 1 is 1.26 bits per heavy atom. The van der Waals surface area contributed by atoms with Crippen LogP contribution >= 0.6 is 0 Å². The van der Waals surface area contributed by atoms with Crippen molar-refractivity contribution < 1.29 is 36.8 Å². The van der Waals surface area contributed by atoms with Crippen LogP contribution in [-0.2, 0) is 29.1 Å². The van der Waals surface area contributed by atoms with Crippen molar-refractivity contribution in [1.82, 2.24) is 25.1 Å². The van der Waals surface area contributed by atoms with E-state index >= 15 is 0 Å². The molecule has 1 aromatic heterocycles. The maximum atomic E-state index is 14.1. The van der Waals surface area contributed by atoms with Gasteiger partial charge >= 0.3 is 6.03 Å². The molecule has 35 heavy (non-hydrogen) atoms. The molecular weight excluding hydrogens is 476 g/mol. The standard InChI is InChI=1S/C21H22F4N6O4/c1-10-5-15(13(23)6-12(10)22)27-21(34)30-4-3-14-11(8-30)18-20(33)29(2)35-16(9-31(18)28-14)19(32)26-7-17(24)25/h5-6,16-17H,3-4,7-9H2,1-2H3,(H,26,32)(H,27,34). The van der Waals surface area contributed by atoms with Gasteiger partial charge in [-0.05, 0) is 18.6 Å². The fourth-order valence-corrected chi connectivity index (χ4v) is 3.92. The van der Waals surface area contributed by atoms with Crippen molar-refractivity contribution >= 4 is 23.5 Å². The average molecular weight is 498 g/mol. The molecule has 14 heteroatoms. The number of carbonyl (C=O) groups is 3. The molecule has 188 valence electrons. The molecule has 10 nitrogen and oxygen atoms in total. The summed E-state index contributed by atoms with van der Waals surface area (Å²) in [6.45, 7) is 0.526. The Balaban J connectivity index is 1.54. The van der Waals surface area contributed by atoms with Gasteiger partial charge in [-0.25, -0.2) is 27.4 Å². The van der Waals surface area contributed by atoms with E-state index in [1.807, 2.05) is 0 Å². The molecule has 0 saturated carbocycles. The van der Waals surface area contributed by atoms with Gasteiger partial charge in [0.1, 0.15) is 17.3 Å². The number of urea groups is 1. The van der Waals surface area contributed by atoms with Gasteiger partial charge in [0, 0.05) is 31.6 Å². The van der Waals surface area contributed by atoms with E-state index in [0.29, 0.717) is 17.3 Å². The van der Waals surface area contributed by atoms with Gasteiger partial charge < -0.3 is 15.5 Å². The van der Waals surface area contributed by atoms with Crippen molar-refractivity contribution in [3.63, 3.8) is 0 Å². The van der Waals surface area contributed by atoms with E-state index in [2.05, 4.69) is 15.7 Å². The molecule has 1 aromatic carbocycles. The predicted octanol–water partition coefficient (Wildman–Crippen LogP) is 1.83. The molecule has 0 spiro atoms. The first-order chi connectivity index (χ1) is 16.5. The molecule has 2 aliphatic heterocycles. The van der Waals surface area contributed by atoms with Crippen LogP contribution in [0.15, 0.2) is 12.1 Å². The summed E-state index contributed by atoms with van der Waals surface area (Å²) in [5, 5.41) is 9.67. The molecule has 0 radical (unpaired) electrons. The number of hydrogen-bond donors (Lipinski definition) is 2. The summed E-state index contributed by atoms with van der Waals surface area (Å²) < 4.78 is 53.8. The number of alkyl halides is 2. The molecule has 1 unspecified atom stereocenters. The second-order valence-corrected chi connectivity index (χ2v) is 8.17. The third-order valence-corrected chi connectivity index (χ3v) is 5.71. The number of hydrogen-bond acceptors (Lipinski definition) is 5. The third kappa shape index (κ3) is 4.92.